The second-order valence-corrected chi connectivity index (χ2v) is 4.73. The van der Waals surface area contributed by atoms with Crippen LogP contribution in [-0.2, 0) is 6.54 Å². The van der Waals surface area contributed by atoms with Crippen LogP contribution < -0.4 is 10.2 Å². The largest absolute Gasteiger partial charge is 0.345 e. The molecule has 1 N–H and O–H groups in total. The van der Waals surface area contributed by atoms with Crippen molar-refractivity contribution < 1.29 is 0 Å². The lowest BCUT2D eigenvalue weighted by atomic mass is 10.2. The highest BCUT2D eigenvalue weighted by Gasteiger charge is 2.09. The van der Waals surface area contributed by atoms with E-state index in [-0.39, 0.29) is 0 Å². The maximum Gasteiger partial charge on any atom is 0.133 e. The molecule has 0 bridgehead atoms. The van der Waals surface area contributed by atoms with Crippen LogP contribution in [-0.4, -0.2) is 24.6 Å². The first-order valence-corrected chi connectivity index (χ1v) is 6.52. The van der Waals surface area contributed by atoms with Gasteiger partial charge < -0.3 is 10.2 Å². The minimum absolute atomic E-state index is 0.602. The Morgan fingerprint density at radius 3 is 2.89 bits per heavy atom. The molecule has 0 unspecified atom stereocenters. The molecule has 18 heavy (non-hydrogen) atoms. The predicted octanol–water partition coefficient (Wildman–Crippen LogP) is 2.29. The molecule has 0 aliphatic carbocycles. The van der Waals surface area contributed by atoms with Crippen LogP contribution >= 0.6 is 0 Å². The molecule has 0 amide bonds. The van der Waals surface area contributed by atoms with Gasteiger partial charge in [0.25, 0.3) is 0 Å². The van der Waals surface area contributed by atoms with Crippen molar-refractivity contribution in [2.45, 2.75) is 27.3 Å². The average Bonchev–Trinajstić information content (AvgIpc) is 2.36. The molecule has 1 aromatic heterocycles. The molecule has 0 spiro atoms. The first-order chi connectivity index (χ1) is 8.69. The van der Waals surface area contributed by atoms with Crippen molar-refractivity contribution in [3.63, 3.8) is 0 Å². The van der Waals surface area contributed by atoms with Gasteiger partial charge in [0.15, 0.2) is 0 Å². The summed E-state index contributed by atoms with van der Waals surface area (Å²) in [6, 6.07) is 4.08. The zero-order valence-electron chi connectivity index (χ0n) is 11.6. The molecule has 0 aromatic carbocycles. The maximum absolute atomic E-state index is 5.40. The lowest BCUT2D eigenvalue weighted by Gasteiger charge is -2.22. The Kier molecular flexibility index (Phi) is 6.24. The number of pyridine rings is 1. The molecule has 0 fully saturated rings. The fraction of sp³-hybridized carbons (Fsp3) is 0.533. The highest BCUT2D eigenvalue weighted by atomic mass is 15.2. The van der Waals surface area contributed by atoms with Crippen LogP contribution in [0.15, 0.2) is 18.3 Å². The fourth-order valence-corrected chi connectivity index (χ4v) is 1.80. The molecule has 98 valence electrons. The molecule has 3 heteroatoms. The van der Waals surface area contributed by atoms with Crippen LogP contribution in [0.4, 0.5) is 5.82 Å². The van der Waals surface area contributed by atoms with Gasteiger partial charge in [-0.25, -0.2) is 4.98 Å². The van der Waals surface area contributed by atoms with Crippen LogP contribution in [0.2, 0.25) is 0 Å². The Bertz CT molecular complexity index is 393. The van der Waals surface area contributed by atoms with Gasteiger partial charge in [-0.05, 0) is 25.5 Å². The van der Waals surface area contributed by atoms with E-state index in [0.717, 1.165) is 25.5 Å². The molecular formula is C15H23N3. The molecule has 0 radical (unpaired) electrons. The SMILES string of the molecule is C#CCN(CC)c1ncccc1CNCC(C)C. The van der Waals surface area contributed by atoms with Crippen LogP contribution in [0, 0.1) is 18.3 Å². The van der Waals surface area contributed by atoms with E-state index >= 15 is 0 Å². The third-order valence-corrected chi connectivity index (χ3v) is 2.70. The normalized spacial score (nSPS) is 10.4. The van der Waals surface area contributed by atoms with Crippen molar-refractivity contribution in [3.05, 3.63) is 23.9 Å². The lowest BCUT2D eigenvalue weighted by molar-refractivity contribution is 0.551. The average molecular weight is 245 g/mol. The number of nitrogens with zero attached hydrogens (tertiary/aromatic N) is 2. The Hall–Kier alpha value is -1.53. The Labute approximate surface area is 111 Å². The van der Waals surface area contributed by atoms with E-state index in [0.29, 0.717) is 12.5 Å². The number of anilines is 1. The van der Waals surface area contributed by atoms with Gasteiger partial charge >= 0.3 is 0 Å². The van der Waals surface area contributed by atoms with Gasteiger partial charge in [-0.1, -0.05) is 25.8 Å². The molecular weight excluding hydrogens is 222 g/mol. The number of hydrogen-bond donors (Lipinski definition) is 1. The molecule has 1 aromatic rings. The Morgan fingerprint density at radius 1 is 1.50 bits per heavy atom. The van der Waals surface area contributed by atoms with E-state index < -0.39 is 0 Å². The molecule has 0 aliphatic rings. The van der Waals surface area contributed by atoms with E-state index in [2.05, 4.69) is 48.0 Å². The van der Waals surface area contributed by atoms with Crippen molar-refractivity contribution in [1.82, 2.24) is 10.3 Å². The first kappa shape index (κ1) is 14.5. The number of terminal acetylenes is 1. The second kappa shape index (κ2) is 7.73. The van der Waals surface area contributed by atoms with Crippen LogP contribution in [0.3, 0.4) is 0 Å². The van der Waals surface area contributed by atoms with Gasteiger partial charge in [-0.3, -0.25) is 0 Å². The summed E-state index contributed by atoms with van der Waals surface area (Å²) in [6.45, 7) is 9.82. The van der Waals surface area contributed by atoms with Crippen molar-refractivity contribution in [1.29, 1.82) is 0 Å². The van der Waals surface area contributed by atoms with Crippen molar-refractivity contribution in [3.8, 4) is 12.3 Å². The third kappa shape index (κ3) is 4.38. The molecule has 3 nitrogen and oxygen atoms in total. The van der Waals surface area contributed by atoms with Crippen molar-refractivity contribution in [2.75, 3.05) is 24.5 Å². The Balaban J connectivity index is 2.75. The number of rotatable bonds is 7. The minimum atomic E-state index is 0.602. The fourth-order valence-electron chi connectivity index (χ4n) is 1.80. The summed E-state index contributed by atoms with van der Waals surface area (Å²) in [5.41, 5.74) is 1.20. The zero-order valence-corrected chi connectivity index (χ0v) is 11.6. The summed E-state index contributed by atoms with van der Waals surface area (Å²) in [5, 5.41) is 3.44. The second-order valence-electron chi connectivity index (χ2n) is 4.73. The van der Waals surface area contributed by atoms with Gasteiger partial charge in [-0.2, -0.15) is 0 Å². The van der Waals surface area contributed by atoms with Gasteiger partial charge in [0.2, 0.25) is 0 Å². The van der Waals surface area contributed by atoms with Gasteiger partial charge in [-0.15, -0.1) is 6.42 Å². The van der Waals surface area contributed by atoms with E-state index in [1.807, 2.05) is 12.3 Å². The number of nitrogens with one attached hydrogen (secondary N) is 1. The number of aromatic nitrogens is 1. The minimum Gasteiger partial charge on any atom is -0.345 e. The third-order valence-electron chi connectivity index (χ3n) is 2.70. The molecule has 0 aliphatic heterocycles. The lowest BCUT2D eigenvalue weighted by Crippen LogP contribution is -2.27. The quantitative estimate of drug-likeness (QED) is 0.747. The molecule has 0 saturated heterocycles. The zero-order chi connectivity index (χ0) is 13.4. The molecule has 1 heterocycles. The molecule has 1 rings (SSSR count). The van der Waals surface area contributed by atoms with E-state index in [4.69, 9.17) is 6.42 Å². The van der Waals surface area contributed by atoms with Gasteiger partial charge in [0.05, 0.1) is 6.54 Å². The topological polar surface area (TPSA) is 28.2 Å². The smallest absolute Gasteiger partial charge is 0.133 e. The summed E-state index contributed by atoms with van der Waals surface area (Å²) in [4.78, 5) is 6.57. The first-order valence-electron chi connectivity index (χ1n) is 6.52. The van der Waals surface area contributed by atoms with Crippen LogP contribution in [0.25, 0.3) is 0 Å². The summed E-state index contributed by atoms with van der Waals surface area (Å²) < 4.78 is 0. The van der Waals surface area contributed by atoms with E-state index in [1.165, 1.54) is 5.56 Å². The summed E-state index contributed by atoms with van der Waals surface area (Å²) in [7, 11) is 0. The monoisotopic (exact) mass is 245 g/mol. The van der Waals surface area contributed by atoms with Crippen LogP contribution in [0.5, 0.6) is 0 Å². The maximum atomic E-state index is 5.40. The van der Waals surface area contributed by atoms with Crippen molar-refractivity contribution in [2.24, 2.45) is 5.92 Å². The standard InChI is InChI=1S/C15H23N3/c1-5-10-18(6-2)15-14(8-7-9-17-15)12-16-11-13(3)4/h1,7-9,13,16H,6,10-12H2,2-4H3. The van der Waals surface area contributed by atoms with Crippen LogP contribution in [0.1, 0.15) is 26.3 Å². The van der Waals surface area contributed by atoms with Gasteiger partial charge in [0, 0.05) is 24.8 Å². The Morgan fingerprint density at radius 2 is 2.28 bits per heavy atom. The highest BCUT2D eigenvalue weighted by Crippen LogP contribution is 2.16. The number of hydrogen-bond acceptors (Lipinski definition) is 3. The van der Waals surface area contributed by atoms with Crippen molar-refractivity contribution >= 4 is 5.82 Å². The molecule has 0 atom stereocenters. The van der Waals surface area contributed by atoms with E-state index in [1.54, 1.807) is 0 Å². The molecule has 0 saturated carbocycles. The summed E-state index contributed by atoms with van der Waals surface area (Å²) >= 11 is 0. The summed E-state index contributed by atoms with van der Waals surface area (Å²) in [5.74, 6) is 4.33. The van der Waals surface area contributed by atoms with Gasteiger partial charge in [0.1, 0.15) is 5.82 Å². The highest BCUT2D eigenvalue weighted by molar-refractivity contribution is 5.47. The predicted molar refractivity (Wildman–Crippen MR) is 77.5 cm³/mol. The summed E-state index contributed by atoms with van der Waals surface area (Å²) in [6.07, 6.45) is 7.22. The van der Waals surface area contributed by atoms with E-state index in [9.17, 15) is 0 Å².